The van der Waals surface area contributed by atoms with Crippen molar-refractivity contribution in [3.8, 4) is 5.75 Å². The molecule has 0 fully saturated rings. The van der Waals surface area contributed by atoms with Crippen LogP contribution in [-0.4, -0.2) is 19.6 Å². The number of para-hydroxylation sites is 1. The fourth-order valence-corrected chi connectivity index (χ4v) is 1.58. The molecule has 2 nitrogen and oxygen atoms in total. The molecule has 0 saturated carbocycles. The highest BCUT2D eigenvalue weighted by atomic mass is 19.3. The van der Waals surface area contributed by atoms with Gasteiger partial charge < -0.3 is 10.1 Å². The highest BCUT2D eigenvalue weighted by Gasteiger charge is 2.25. The monoisotopic (exact) mass is 265 g/mol. The zero-order chi connectivity index (χ0) is 13.5. The number of alkyl halides is 4. The van der Waals surface area contributed by atoms with Gasteiger partial charge in [0.05, 0.1) is 6.04 Å². The lowest BCUT2D eigenvalue weighted by molar-refractivity contribution is -0.0514. The molecule has 1 rings (SSSR count). The molecule has 0 heterocycles. The van der Waals surface area contributed by atoms with Gasteiger partial charge in [-0.05, 0) is 19.0 Å². The van der Waals surface area contributed by atoms with Crippen LogP contribution in [0.3, 0.4) is 0 Å². The van der Waals surface area contributed by atoms with Crippen molar-refractivity contribution in [2.45, 2.75) is 32.4 Å². The van der Waals surface area contributed by atoms with Crippen LogP contribution in [0.2, 0.25) is 0 Å². The van der Waals surface area contributed by atoms with Gasteiger partial charge in [-0.3, -0.25) is 0 Å². The Morgan fingerprint density at radius 1 is 1.17 bits per heavy atom. The third-order valence-electron chi connectivity index (χ3n) is 2.34. The van der Waals surface area contributed by atoms with E-state index in [1.807, 2.05) is 6.92 Å². The van der Waals surface area contributed by atoms with Crippen LogP contribution in [0.25, 0.3) is 0 Å². The average molecular weight is 265 g/mol. The SMILES string of the molecule is CCCNC(c1ccccc1OC(F)F)C(F)F. The Labute approximate surface area is 103 Å². The van der Waals surface area contributed by atoms with Crippen molar-refractivity contribution in [1.82, 2.24) is 5.32 Å². The molecular formula is C12H15F4NO. The summed E-state index contributed by atoms with van der Waals surface area (Å²) in [6.45, 7) is -0.828. The lowest BCUT2D eigenvalue weighted by atomic mass is 10.1. The van der Waals surface area contributed by atoms with Gasteiger partial charge in [-0.25, -0.2) is 8.78 Å². The van der Waals surface area contributed by atoms with Crippen molar-refractivity contribution < 1.29 is 22.3 Å². The largest absolute Gasteiger partial charge is 0.434 e. The molecule has 102 valence electrons. The first-order valence-electron chi connectivity index (χ1n) is 5.61. The molecular weight excluding hydrogens is 250 g/mol. The summed E-state index contributed by atoms with van der Waals surface area (Å²) in [4.78, 5) is 0. The molecule has 0 aromatic heterocycles. The lowest BCUT2D eigenvalue weighted by Crippen LogP contribution is -2.28. The van der Waals surface area contributed by atoms with Crippen LogP contribution < -0.4 is 10.1 Å². The number of rotatable bonds is 7. The summed E-state index contributed by atoms with van der Waals surface area (Å²) in [5, 5.41) is 2.62. The molecule has 0 radical (unpaired) electrons. The van der Waals surface area contributed by atoms with E-state index in [1.54, 1.807) is 0 Å². The third kappa shape index (κ3) is 4.18. The van der Waals surface area contributed by atoms with Crippen LogP contribution in [0, 0.1) is 0 Å². The molecule has 0 amide bonds. The molecule has 1 N–H and O–H groups in total. The maximum absolute atomic E-state index is 12.9. The van der Waals surface area contributed by atoms with E-state index in [9.17, 15) is 17.6 Å². The van der Waals surface area contributed by atoms with Crippen LogP contribution in [0.4, 0.5) is 17.6 Å². The van der Waals surface area contributed by atoms with Crippen molar-refractivity contribution in [2.75, 3.05) is 6.54 Å². The molecule has 1 aromatic rings. The maximum atomic E-state index is 12.9. The summed E-state index contributed by atoms with van der Waals surface area (Å²) in [5.41, 5.74) is 0.0428. The van der Waals surface area contributed by atoms with Gasteiger partial charge in [0.2, 0.25) is 0 Å². The van der Waals surface area contributed by atoms with E-state index in [4.69, 9.17) is 0 Å². The van der Waals surface area contributed by atoms with Crippen molar-refractivity contribution in [2.24, 2.45) is 0 Å². The summed E-state index contributed by atoms with van der Waals surface area (Å²) >= 11 is 0. The summed E-state index contributed by atoms with van der Waals surface area (Å²) in [6.07, 6.45) is -2.03. The molecule has 1 atom stereocenters. The van der Waals surface area contributed by atoms with Gasteiger partial charge >= 0.3 is 6.61 Å². The predicted molar refractivity (Wildman–Crippen MR) is 60.1 cm³/mol. The lowest BCUT2D eigenvalue weighted by Gasteiger charge is -2.20. The molecule has 18 heavy (non-hydrogen) atoms. The van der Waals surface area contributed by atoms with Gasteiger partial charge in [-0.2, -0.15) is 8.78 Å². The third-order valence-corrected chi connectivity index (χ3v) is 2.34. The average Bonchev–Trinajstić information content (AvgIpc) is 2.30. The predicted octanol–water partition coefficient (Wildman–Crippen LogP) is 3.59. The normalized spacial score (nSPS) is 13.1. The first-order chi connectivity index (χ1) is 8.56. The number of benzene rings is 1. The molecule has 0 aliphatic rings. The van der Waals surface area contributed by atoms with Crippen molar-refractivity contribution >= 4 is 0 Å². The van der Waals surface area contributed by atoms with E-state index in [-0.39, 0.29) is 11.3 Å². The zero-order valence-corrected chi connectivity index (χ0v) is 9.88. The second kappa shape index (κ2) is 7.20. The highest BCUT2D eigenvalue weighted by molar-refractivity contribution is 5.36. The van der Waals surface area contributed by atoms with Crippen molar-refractivity contribution in [1.29, 1.82) is 0 Å². The Bertz CT molecular complexity index is 360. The minimum atomic E-state index is -3.03. The summed E-state index contributed by atoms with van der Waals surface area (Å²) < 4.78 is 54.5. The Balaban J connectivity index is 2.95. The van der Waals surface area contributed by atoms with Crippen LogP contribution in [0.15, 0.2) is 24.3 Å². The smallest absolute Gasteiger partial charge is 0.387 e. The topological polar surface area (TPSA) is 21.3 Å². The van der Waals surface area contributed by atoms with Crippen LogP contribution in [0.5, 0.6) is 5.75 Å². The molecule has 0 aliphatic carbocycles. The van der Waals surface area contributed by atoms with Gasteiger partial charge in [0.1, 0.15) is 5.75 Å². The van der Waals surface area contributed by atoms with Crippen LogP contribution >= 0.6 is 0 Å². The van der Waals surface area contributed by atoms with Gasteiger partial charge in [0.15, 0.2) is 0 Å². The minimum absolute atomic E-state index is 0.0428. The molecule has 0 saturated heterocycles. The highest BCUT2D eigenvalue weighted by Crippen LogP contribution is 2.30. The van der Waals surface area contributed by atoms with E-state index in [1.165, 1.54) is 24.3 Å². The van der Waals surface area contributed by atoms with Gasteiger partial charge in [0, 0.05) is 5.56 Å². The van der Waals surface area contributed by atoms with E-state index >= 15 is 0 Å². The number of ether oxygens (including phenoxy) is 1. The Kier molecular flexibility index (Phi) is 5.91. The quantitative estimate of drug-likeness (QED) is 0.761. The van der Waals surface area contributed by atoms with E-state index in [0.29, 0.717) is 13.0 Å². The number of nitrogens with one attached hydrogen (secondary N) is 1. The van der Waals surface area contributed by atoms with Crippen molar-refractivity contribution in [3.63, 3.8) is 0 Å². The van der Waals surface area contributed by atoms with E-state index < -0.39 is 19.1 Å². The standard InChI is InChI=1S/C12H15F4NO/c1-2-7-17-10(11(13)14)8-5-3-4-6-9(8)18-12(15)16/h3-6,10-12,17H,2,7H2,1H3. The second-order valence-corrected chi connectivity index (χ2v) is 3.68. The fraction of sp³-hybridized carbons (Fsp3) is 0.500. The molecule has 0 bridgehead atoms. The second-order valence-electron chi connectivity index (χ2n) is 3.68. The van der Waals surface area contributed by atoms with E-state index in [2.05, 4.69) is 10.1 Å². The van der Waals surface area contributed by atoms with Crippen LogP contribution in [0.1, 0.15) is 24.9 Å². The molecule has 0 aliphatic heterocycles. The van der Waals surface area contributed by atoms with Crippen LogP contribution in [-0.2, 0) is 0 Å². The molecule has 1 unspecified atom stereocenters. The molecule has 0 spiro atoms. The Morgan fingerprint density at radius 2 is 1.83 bits per heavy atom. The summed E-state index contributed by atoms with van der Waals surface area (Å²) in [5.74, 6) is -0.221. The van der Waals surface area contributed by atoms with E-state index in [0.717, 1.165) is 0 Å². The van der Waals surface area contributed by atoms with Crippen molar-refractivity contribution in [3.05, 3.63) is 29.8 Å². The van der Waals surface area contributed by atoms with Gasteiger partial charge in [-0.15, -0.1) is 0 Å². The number of hydrogen-bond acceptors (Lipinski definition) is 2. The number of halogens is 4. The first-order valence-corrected chi connectivity index (χ1v) is 5.61. The first kappa shape index (κ1) is 14.8. The molecule has 1 aromatic carbocycles. The minimum Gasteiger partial charge on any atom is -0.434 e. The summed E-state index contributed by atoms with van der Waals surface area (Å²) in [6, 6.07) is 4.28. The van der Waals surface area contributed by atoms with Gasteiger partial charge in [-0.1, -0.05) is 25.1 Å². The molecule has 6 heteroatoms. The number of hydrogen-bond donors (Lipinski definition) is 1. The fourth-order valence-electron chi connectivity index (χ4n) is 1.58. The summed E-state index contributed by atoms with van der Waals surface area (Å²) in [7, 11) is 0. The van der Waals surface area contributed by atoms with Gasteiger partial charge in [0.25, 0.3) is 6.43 Å². The zero-order valence-electron chi connectivity index (χ0n) is 9.88. The Morgan fingerprint density at radius 3 is 2.39 bits per heavy atom. The Hall–Kier alpha value is -1.30. The maximum Gasteiger partial charge on any atom is 0.387 e.